The average molecular weight is 372 g/mol. The number of halogens is 1. The second-order valence-corrected chi connectivity index (χ2v) is 6.02. The number of rotatable bonds is 7. The van der Waals surface area contributed by atoms with E-state index in [1.807, 2.05) is 31.2 Å². The van der Waals surface area contributed by atoms with E-state index in [2.05, 4.69) is 15.5 Å². The third-order valence-corrected chi connectivity index (χ3v) is 3.91. The fraction of sp³-hybridized carbons (Fsp3) is 0.211. The van der Waals surface area contributed by atoms with Gasteiger partial charge in [0.25, 0.3) is 11.8 Å². The molecule has 0 spiro atoms. The van der Waals surface area contributed by atoms with Crippen molar-refractivity contribution < 1.29 is 14.1 Å². The Morgan fingerprint density at radius 1 is 1.15 bits per heavy atom. The van der Waals surface area contributed by atoms with E-state index in [1.54, 1.807) is 24.3 Å². The molecule has 7 heteroatoms. The van der Waals surface area contributed by atoms with Gasteiger partial charge in [0.15, 0.2) is 12.4 Å². The van der Waals surface area contributed by atoms with Crippen molar-refractivity contribution in [2.45, 2.75) is 19.9 Å². The van der Waals surface area contributed by atoms with Crippen LogP contribution in [-0.2, 0) is 17.8 Å². The van der Waals surface area contributed by atoms with Crippen molar-refractivity contribution in [3.8, 4) is 17.2 Å². The normalized spacial score (nSPS) is 10.5. The molecule has 1 amide bonds. The van der Waals surface area contributed by atoms with Crippen LogP contribution in [0.15, 0.2) is 53.1 Å². The second kappa shape index (κ2) is 8.49. The van der Waals surface area contributed by atoms with Gasteiger partial charge >= 0.3 is 0 Å². The number of hydrogen-bond donors (Lipinski definition) is 1. The molecule has 0 saturated carbocycles. The minimum absolute atomic E-state index is 0.0620. The molecule has 0 saturated heterocycles. The molecule has 3 rings (SSSR count). The minimum Gasteiger partial charge on any atom is -0.484 e. The number of amides is 1. The van der Waals surface area contributed by atoms with Crippen molar-refractivity contribution in [2.24, 2.45) is 0 Å². The van der Waals surface area contributed by atoms with E-state index in [0.29, 0.717) is 29.0 Å². The molecule has 0 aliphatic carbocycles. The number of ether oxygens (including phenoxy) is 1. The summed E-state index contributed by atoms with van der Waals surface area (Å²) in [5, 5.41) is 7.33. The number of aromatic nitrogens is 2. The largest absolute Gasteiger partial charge is 0.484 e. The van der Waals surface area contributed by atoms with E-state index >= 15 is 0 Å². The number of aryl methyl sites for hydroxylation is 1. The van der Waals surface area contributed by atoms with Gasteiger partial charge < -0.3 is 14.6 Å². The lowest BCUT2D eigenvalue weighted by Crippen LogP contribution is -2.28. The number of benzene rings is 2. The molecule has 0 atom stereocenters. The Morgan fingerprint density at radius 2 is 1.88 bits per heavy atom. The zero-order chi connectivity index (χ0) is 18.4. The van der Waals surface area contributed by atoms with Crippen LogP contribution in [0.3, 0.4) is 0 Å². The van der Waals surface area contributed by atoms with Gasteiger partial charge in [0, 0.05) is 23.6 Å². The minimum atomic E-state index is -0.200. The van der Waals surface area contributed by atoms with Crippen molar-refractivity contribution in [2.75, 3.05) is 6.61 Å². The number of nitrogens with one attached hydrogen (secondary N) is 1. The first kappa shape index (κ1) is 17.9. The van der Waals surface area contributed by atoms with Gasteiger partial charge in [-0.05, 0) is 42.0 Å². The first-order valence-corrected chi connectivity index (χ1v) is 8.59. The third-order valence-electron chi connectivity index (χ3n) is 3.66. The highest BCUT2D eigenvalue weighted by molar-refractivity contribution is 6.30. The maximum absolute atomic E-state index is 11.9. The summed E-state index contributed by atoms with van der Waals surface area (Å²) in [7, 11) is 0. The number of nitrogens with zero attached hydrogens (tertiary/aromatic N) is 2. The second-order valence-electron chi connectivity index (χ2n) is 5.59. The lowest BCUT2D eigenvalue weighted by molar-refractivity contribution is -0.123. The topological polar surface area (TPSA) is 77.2 Å². The summed E-state index contributed by atoms with van der Waals surface area (Å²) in [4.78, 5) is 16.2. The van der Waals surface area contributed by atoms with Gasteiger partial charge in [0.1, 0.15) is 5.75 Å². The van der Waals surface area contributed by atoms with Gasteiger partial charge in [-0.25, -0.2) is 0 Å². The summed E-state index contributed by atoms with van der Waals surface area (Å²) in [6, 6.07) is 14.5. The van der Waals surface area contributed by atoms with Crippen molar-refractivity contribution in [3.63, 3.8) is 0 Å². The predicted molar refractivity (Wildman–Crippen MR) is 97.9 cm³/mol. The molecule has 0 fully saturated rings. The maximum atomic E-state index is 11.9. The molecule has 6 nitrogen and oxygen atoms in total. The summed E-state index contributed by atoms with van der Waals surface area (Å²) in [6.45, 7) is 2.33. The third kappa shape index (κ3) is 4.83. The molecule has 134 valence electrons. The van der Waals surface area contributed by atoms with Crippen LogP contribution in [0.4, 0.5) is 0 Å². The van der Waals surface area contributed by atoms with Gasteiger partial charge in [-0.1, -0.05) is 35.8 Å². The zero-order valence-electron chi connectivity index (χ0n) is 14.2. The molecule has 0 unspecified atom stereocenters. The van der Waals surface area contributed by atoms with Crippen LogP contribution < -0.4 is 10.1 Å². The van der Waals surface area contributed by atoms with Crippen LogP contribution in [0.1, 0.15) is 18.3 Å². The zero-order valence-corrected chi connectivity index (χ0v) is 15.0. The highest BCUT2D eigenvalue weighted by atomic mass is 35.5. The van der Waals surface area contributed by atoms with Crippen LogP contribution in [0.25, 0.3) is 11.5 Å². The van der Waals surface area contributed by atoms with Gasteiger partial charge in [-0.15, -0.1) is 0 Å². The highest BCUT2D eigenvalue weighted by Crippen LogP contribution is 2.21. The lowest BCUT2D eigenvalue weighted by Gasteiger charge is -2.08. The Morgan fingerprint density at radius 3 is 2.54 bits per heavy atom. The van der Waals surface area contributed by atoms with E-state index in [9.17, 15) is 4.79 Å². The molecular weight excluding hydrogens is 354 g/mol. The van der Waals surface area contributed by atoms with Crippen LogP contribution in [-0.4, -0.2) is 22.7 Å². The molecule has 26 heavy (non-hydrogen) atoms. The fourth-order valence-corrected chi connectivity index (χ4v) is 2.34. The predicted octanol–water partition coefficient (Wildman–Crippen LogP) is 3.65. The number of hydrogen-bond acceptors (Lipinski definition) is 5. The standard InChI is InChI=1S/C19H18ClN3O3/c1-2-17-22-19(26-23-17)14-5-9-16(10-6-14)25-12-18(24)21-11-13-3-7-15(20)8-4-13/h3-10H,2,11-12H2,1H3,(H,21,24). The van der Waals surface area contributed by atoms with Gasteiger partial charge in [0.05, 0.1) is 0 Å². The quantitative estimate of drug-likeness (QED) is 0.686. The van der Waals surface area contributed by atoms with Gasteiger partial charge in [-0.2, -0.15) is 4.98 Å². The molecule has 1 heterocycles. The van der Waals surface area contributed by atoms with Crippen LogP contribution in [0.2, 0.25) is 5.02 Å². The lowest BCUT2D eigenvalue weighted by atomic mass is 10.2. The smallest absolute Gasteiger partial charge is 0.258 e. The Balaban J connectivity index is 1.48. The SMILES string of the molecule is CCc1noc(-c2ccc(OCC(=O)NCc3ccc(Cl)cc3)cc2)n1. The molecule has 2 aromatic carbocycles. The first-order valence-electron chi connectivity index (χ1n) is 8.21. The molecule has 0 radical (unpaired) electrons. The summed E-state index contributed by atoms with van der Waals surface area (Å²) >= 11 is 5.83. The van der Waals surface area contributed by atoms with Gasteiger partial charge in [-0.3, -0.25) is 4.79 Å². The summed E-state index contributed by atoms with van der Waals surface area (Å²) in [6.07, 6.45) is 0.718. The maximum Gasteiger partial charge on any atom is 0.258 e. The van der Waals surface area contributed by atoms with Crippen molar-refractivity contribution >= 4 is 17.5 Å². The summed E-state index contributed by atoms with van der Waals surface area (Å²) in [5.41, 5.74) is 1.77. The van der Waals surface area contributed by atoms with E-state index in [0.717, 1.165) is 17.5 Å². The molecule has 3 aromatic rings. The summed E-state index contributed by atoms with van der Waals surface area (Å²) < 4.78 is 10.7. The Kier molecular flexibility index (Phi) is 5.86. The first-order chi connectivity index (χ1) is 12.6. The summed E-state index contributed by atoms with van der Waals surface area (Å²) in [5.74, 6) is 1.52. The van der Waals surface area contributed by atoms with Crippen LogP contribution in [0.5, 0.6) is 5.75 Å². The number of carbonyl (C=O) groups is 1. The average Bonchev–Trinajstić information content (AvgIpc) is 3.15. The fourth-order valence-electron chi connectivity index (χ4n) is 2.21. The Bertz CT molecular complexity index is 860. The molecule has 0 bridgehead atoms. The Hall–Kier alpha value is -2.86. The van der Waals surface area contributed by atoms with Crippen molar-refractivity contribution in [3.05, 3.63) is 64.9 Å². The monoisotopic (exact) mass is 371 g/mol. The van der Waals surface area contributed by atoms with E-state index in [-0.39, 0.29) is 12.5 Å². The highest BCUT2D eigenvalue weighted by Gasteiger charge is 2.08. The number of carbonyl (C=O) groups excluding carboxylic acids is 1. The van der Waals surface area contributed by atoms with Crippen LogP contribution >= 0.6 is 11.6 Å². The molecule has 1 N–H and O–H groups in total. The van der Waals surface area contributed by atoms with E-state index in [1.165, 1.54) is 0 Å². The molecular formula is C19H18ClN3O3. The molecule has 0 aliphatic heterocycles. The van der Waals surface area contributed by atoms with Crippen molar-refractivity contribution in [1.82, 2.24) is 15.5 Å². The molecule has 0 aliphatic rings. The van der Waals surface area contributed by atoms with E-state index in [4.69, 9.17) is 20.9 Å². The van der Waals surface area contributed by atoms with Crippen LogP contribution in [0, 0.1) is 0 Å². The van der Waals surface area contributed by atoms with Gasteiger partial charge in [0.2, 0.25) is 0 Å². The van der Waals surface area contributed by atoms with E-state index < -0.39 is 0 Å². The molecule has 1 aromatic heterocycles. The Labute approximate surface area is 156 Å². The van der Waals surface area contributed by atoms with Crippen molar-refractivity contribution in [1.29, 1.82) is 0 Å².